The monoisotopic (exact) mass is 238 g/mol. The van der Waals surface area contributed by atoms with Crippen LogP contribution in [-0.4, -0.2) is 42.0 Å². The standard InChI is InChI=1S/C11H14N2O4/c14-8-11(3-4-11)9(15)13(10(16)12-8)7-2-1-5-17-6-7/h7H,1-6H2,(H,12,14,16). The van der Waals surface area contributed by atoms with E-state index >= 15 is 0 Å². The summed E-state index contributed by atoms with van der Waals surface area (Å²) in [5.74, 6) is -0.762. The van der Waals surface area contributed by atoms with Gasteiger partial charge in [-0.1, -0.05) is 0 Å². The Hall–Kier alpha value is -1.43. The zero-order valence-electron chi connectivity index (χ0n) is 9.40. The quantitative estimate of drug-likeness (QED) is 0.654. The third-order valence-electron chi connectivity index (χ3n) is 3.75. The van der Waals surface area contributed by atoms with Gasteiger partial charge < -0.3 is 4.74 Å². The Balaban J connectivity index is 1.85. The number of urea groups is 1. The summed E-state index contributed by atoms with van der Waals surface area (Å²) in [6.45, 7) is 1.05. The Labute approximate surface area is 98.3 Å². The van der Waals surface area contributed by atoms with E-state index in [4.69, 9.17) is 4.74 Å². The van der Waals surface area contributed by atoms with Crippen LogP contribution >= 0.6 is 0 Å². The number of hydrogen-bond acceptors (Lipinski definition) is 4. The molecule has 3 aliphatic rings. The van der Waals surface area contributed by atoms with Crippen LogP contribution in [0, 0.1) is 5.41 Å². The van der Waals surface area contributed by atoms with E-state index in [0.29, 0.717) is 26.1 Å². The molecule has 0 aromatic heterocycles. The molecule has 6 heteroatoms. The molecule has 3 rings (SSSR count). The number of imide groups is 2. The summed E-state index contributed by atoms with van der Waals surface area (Å²) in [7, 11) is 0. The predicted molar refractivity (Wildman–Crippen MR) is 55.9 cm³/mol. The molecule has 2 saturated heterocycles. The maximum absolute atomic E-state index is 12.2. The van der Waals surface area contributed by atoms with Gasteiger partial charge in [0.1, 0.15) is 5.41 Å². The number of hydrogen-bond donors (Lipinski definition) is 1. The van der Waals surface area contributed by atoms with Crippen LogP contribution in [0.3, 0.4) is 0 Å². The normalized spacial score (nSPS) is 31.6. The highest BCUT2D eigenvalue weighted by Crippen LogP contribution is 2.49. The molecule has 1 saturated carbocycles. The molecule has 1 spiro atoms. The molecule has 2 heterocycles. The highest BCUT2D eigenvalue weighted by atomic mass is 16.5. The second-order valence-electron chi connectivity index (χ2n) is 4.89. The fraction of sp³-hybridized carbons (Fsp3) is 0.727. The smallest absolute Gasteiger partial charge is 0.331 e. The van der Waals surface area contributed by atoms with Crippen molar-refractivity contribution in [2.75, 3.05) is 13.2 Å². The van der Waals surface area contributed by atoms with Crippen LogP contribution in [0.4, 0.5) is 4.79 Å². The number of ether oxygens (including phenoxy) is 1. The third kappa shape index (κ3) is 1.47. The van der Waals surface area contributed by atoms with E-state index in [1.165, 1.54) is 4.90 Å². The molecular formula is C11H14N2O4. The van der Waals surface area contributed by atoms with Gasteiger partial charge in [0.15, 0.2) is 0 Å². The number of barbiturate groups is 1. The van der Waals surface area contributed by atoms with Gasteiger partial charge in [-0.25, -0.2) is 4.79 Å². The van der Waals surface area contributed by atoms with Crippen LogP contribution < -0.4 is 5.32 Å². The minimum Gasteiger partial charge on any atom is -0.379 e. The minimum atomic E-state index is -0.939. The average Bonchev–Trinajstić information content (AvgIpc) is 3.10. The lowest BCUT2D eigenvalue weighted by atomic mass is 9.99. The zero-order valence-corrected chi connectivity index (χ0v) is 9.40. The fourth-order valence-electron chi connectivity index (χ4n) is 2.52. The molecule has 17 heavy (non-hydrogen) atoms. The summed E-state index contributed by atoms with van der Waals surface area (Å²) >= 11 is 0. The Morgan fingerprint density at radius 3 is 2.65 bits per heavy atom. The number of nitrogens with one attached hydrogen (secondary N) is 1. The highest BCUT2D eigenvalue weighted by Gasteiger charge is 2.63. The second-order valence-corrected chi connectivity index (χ2v) is 4.89. The van der Waals surface area contributed by atoms with Gasteiger partial charge in [0, 0.05) is 6.61 Å². The molecule has 0 radical (unpaired) electrons. The Bertz CT molecular complexity index is 396. The van der Waals surface area contributed by atoms with Crippen LogP contribution in [0.25, 0.3) is 0 Å². The fourth-order valence-corrected chi connectivity index (χ4v) is 2.52. The lowest BCUT2D eigenvalue weighted by molar-refractivity contribution is -0.147. The van der Waals surface area contributed by atoms with Gasteiger partial charge in [0.2, 0.25) is 11.8 Å². The second kappa shape index (κ2) is 3.53. The number of amides is 4. The summed E-state index contributed by atoms with van der Waals surface area (Å²) in [5.41, 5.74) is -0.939. The predicted octanol–water partition coefficient (Wildman–Crippen LogP) is 0.0240. The molecule has 92 valence electrons. The van der Waals surface area contributed by atoms with Crippen LogP contribution in [0.15, 0.2) is 0 Å². The summed E-state index contributed by atoms with van der Waals surface area (Å²) in [5, 5.41) is 2.28. The summed E-state index contributed by atoms with van der Waals surface area (Å²) in [6, 6.07) is -0.810. The molecule has 1 aliphatic carbocycles. The van der Waals surface area contributed by atoms with Crippen molar-refractivity contribution < 1.29 is 19.1 Å². The molecule has 1 N–H and O–H groups in total. The maximum Gasteiger partial charge on any atom is 0.331 e. The van der Waals surface area contributed by atoms with Gasteiger partial charge in [-0.05, 0) is 25.7 Å². The molecule has 2 aliphatic heterocycles. The van der Waals surface area contributed by atoms with E-state index < -0.39 is 17.4 Å². The topological polar surface area (TPSA) is 75.7 Å². The first-order valence-corrected chi connectivity index (χ1v) is 5.92. The van der Waals surface area contributed by atoms with Crippen LogP contribution in [0.1, 0.15) is 25.7 Å². The Morgan fingerprint density at radius 2 is 2.06 bits per heavy atom. The van der Waals surface area contributed by atoms with Crippen molar-refractivity contribution in [2.45, 2.75) is 31.7 Å². The van der Waals surface area contributed by atoms with E-state index in [0.717, 1.165) is 12.8 Å². The molecule has 0 bridgehead atoms. The van der Waals surface area contributed by atoms with Crippen molar-refractivity contribution >= 4 is 17.8 Å². The SMILES string of the molecule is O=C1NC(=O)C2(CC2)C(=O)N1C1CCCOC1. The number of carbonyl (C=O) groups is 3. The number of carbonyl (C=O) groups excluding carboxylic acids is 3. The van der Waals surface area contributed by atoms with Gasteiger partial charge in [-0.2, -0.15) is 0 Å². The van der Waals surface area contributed by atoms with Crippen molar-refractivity contribution in [3.8, 4) is 0 Å². The zero-order chi connectivity index (χ0) is 12.0. The number of nitrogens with zero attached hydrogens (tertiary/aromatic N) is 1. The molecule has 4 amide bonds. The molecule has 6 nitrogen and oxygen atoms in total. The van der Waals surface area contributed by atoms with Gasteiger partial charge in [0.25, 0.3) is 0 Å². The molecule has 0 aromatic carbocycles. The van der Waals surface area contributed by atoms with Crippen LogP contribution in [0.2, 0.25) is 0 Å². The highest BCUT2D eigenvalue weighted by molar-refractivity contribution is 6.21. The first kappa shape index (κ1) is 10.7. The average molecular weight is 238 g/mol. The van der Waals surface area contributed by atoms with E-state index in [9.17, 15) is 14.4 Å². The van der Waals surface area contributed by atoms with E-state index in [1.807, 2.05) is 0 Å². The first-order valence-electron chi connectivity index (χ1n) is 5.92. The lowest BCUT2D eigenvalue weighted by Gasteiger charge is -2.37. The summed E-state index contributed by atoms with van der Waals surface area (Å²) in [4.78, 5) is 36.8. The lowest BCUT2D eigenvalue weighted by Crippen LogP contribution is -2.63. The van der Waals surface area contributed by atoms with Crippen molar-refractivity contribution in [2.24, 2.45) is 5.41 Å². The Morgan fingerprint density at radius 1 is 1.29 bits per heavy atom. The first-order chi connectivity index (χ1) is 8.15. The van der Waals surface area contributed by atoms with E-state index in [-0.39, 0.29) is 11.9 Å². The van der Waals surface area contributed by atoms with Crippen molar-refractivity contribution in [3.05, 3.63) is 0 Å². The molecule has 0 aromatic rings. The molecule has 3 fully saturated rings. The van der Waals surface area contributed by atoms with Crippen molar-refractivity contribution in [1.29, 1.82) is 0 Å². The molecule has 1 unspecified atom stereocenters. The van der Waals surface area contributed by atoms with Crippen molar-refractivity contribution in [3.63, 3.8) is 0 Å². The minimum absolute atomic E-state index is 0.221. The summed E-state index contributed by atoms with van der Waals surface area (Å²) in [6.07, 6.45) is 2.69. The molecular weight excluding hydrogens is 224 g/mol. The van der Waals surface area contributed by atoms with Crippen LogP contribution in [0.5, 0.6) is 0 Å². The summed E-state index contributed by atoms with van der Waals surface area (Å²) < 4.78 is 5.29. The third-order valence-corrected chi connectivity index (χ3v) is 3.75. The Kier molecular flexibility index (Phi) is 2.22. The van der Waals surface area contributed by atoms with Crippen LogP contribution in [-0.2, 0) is 14.3 Å². The van der Waals surface area contributed by atoms with Gasteiger partial charge in [0.05, 0.1) is 12.6 Å². The number of rotatable bonds is 1. The van der Waals surface area contributed by atoms with E-state index in [1.54, 1.807) is 0 Å². The largest absolute Gasteiger partial charge is 0.379 e. The van der Waals surface area contributed by atoms with Gasteiger partial charge in [-0.3, -0.25) is 19.8 Å². The van der Waals surface area contributed by atoms with Gasteiger partial charge >= 0.3 is 6.03 Å². The van der Waals surface area contributed by atoms with Crippen molar-refractivity contribution in [1.82, 2.24) is 10.2 Å². The van der Waals surface area contributed by atoms with E-state index in [2.05, 4.69) is 5.32 Å². The maximum atomic E-state index is 12.2. The molecule has 1 atom stereocenters. The van der Waals surface area contributed by atoms with Gasteiger partial charge in [-0.15, -0.1) is 0 Å².